The molecule has 0 fully saturated rings. The molecule has 33 heavy (non-hydrogen) atoms. The molecule has 4 rings (SSSR count). The highest BCUT2D eigenvalue weighted by molar-refractivity contribution is 6.05. The van der Waals surface area contributed by atoms with Crippen LogP contribution in [0.25, 0.3) is 10.4 Å². The first-order valence-electron chi connectivity index (χ1n) is 10.5. The molecule has 0 saturated heterocycles. The Bertz CT molecular complexity index is 1110. The standard InChI is InChI=1S/C21H22N8O4/c22-27-23-11-2-1-3-12-31-15-9-7-14(8-10-15)21(30)24-16-5-4-6-17-19(16)33-18(13-32-17)20-25-28-29-26-20/h4-10,18H,1-3,11-13H2,(H,24,30)(H,25,26,28,29). The quantitative estimate of drug-likeness (QED) is 0.205. The lowest BCUT2D eigenvalue weighted by molar-refractivity contribution is 0.0856. The number of tetrazole rings is 1. The number of aromatic nitrogens is 4. The van der Waals surface area contributed by atoms with Gasteiger partial charge in [0.25, 0.3) is 5.91 Å². The molecule has 0 aliphatic carbocycles. The van der Waals surface area contributed by atoms with Gasteiger partial charge in [-0.3, -0.25) is 4.79 Å². The number of carbonyl (C=O) groups is 1. The summed E-state index contributed by atoms with van der Waals surface area (Å²) in [5.74, 6) is 1.69. The Morgan fingerprint density at radius 3 is 2.91 bits per heavy atom. The lowest BCUT2D eigenvalue weighted by Gasteiger charge is -2.26. The van der Waals surface area contributed by atoms with Gasteiger partial charge < -0.3 is 19.5 Å². The zero-order chi connectivity index (χ0) is 22.9. The number of nitrogens with zero attached hydrogens (tertiary/aromatic N) is 6. The number of amides is 1. The Labute approximate surface area is 188 Å². The molecule has 12 nitrogen and oxygen atoms in total. The molecule has 0 spiro atoms. The summed E-state index contributed by atoms with van der Waals surface area (Å²) in [7, 11) is 0. The van der Waals surface area contributed by atoms with Gasteiger partial charge in [-0.1, -0.05) is 16.4 Å². The first kappa shape index (κ1) is 21.9. The highest BCUT2D eigenvalue weighted by atomic mass is 16.6. The van der Waals surface area contributed by atoms with Crippen LogP contribution in [0.2, 0.25) is 0 Å². The van der Waals surface area contributed by atoms with Crippen LogP contribution >= 0.6 is 0 Å². The largest absolute Gasteiger partial charge is 0.494 e. The molecule has 1 aliphatic rings. The lowest BCUT2D eigenvalue weighted by atomic mass is 10.2. The summed E-state index contributed by atoms with van der Waals surface area (Å²) in [6.45, 7) is 1.29. The van der Waals surface area contributed by atoms with Crippen LogP contribution in [0, 0.1) is 0 Å². The highest BCUT2D eigenvalue weighted by Gasteiger charge is 2.28. The van der Waals surface area contributed by atoms with E-state index in [9.17, 15) is 4.79 Å². The first-order chi connectivity index (χ1) is 16.2. The summed E-state index contributed by atoms with van der Waals surface area (Å²) in [5, 5.41) is 20.2. The third-order valence-corrected chi connectivity index (χ3v) is 4.88. The van der Waals surface area contributed by atoms with Crippen LogP contribution in [0.4, 0.5) is 5.69 Å². The van der Waals surface area contributed by atoms with E-state index in [2.05, 4.69) is 36.0 Å². The number of hydrogen-bond donors (Lipinski definition) is 2. The van der Waals surface area contributed by atoms with E-state index in [1.54, 1.807) is 42.5 Å². The molecule has 1 unspecified atom stereocenters. The lowest BCUT2D eigenvalue weighted by Crippen LogP contribution is -2.24. The molecule has 1 aliphatic heterocycles. The number of fused-ring (bicyclic) bond motifs is 1. The van der Waals surface area contributed by atoms with Crippen LogP contribution < -0.4 is 19.5 Å². The molecule has 1 atom stereocenters. The van der Waals surface area contributed by atoms with Gasteiger partial charge in [0.1, 0.15) is 12.4 Å². The summed E-state index contributed by atoms with van der Waals surface area (Å²) in [5.41, 5.74) is 9.20. The fraction of sp³-hybridized carbons (Fsp3) is 0.333. The van der Waals surface area contributed by atoms with Crippen LogP contribution in [0.1, 0.15) is 41.5 Å². The number of hydrogen-bond acceptors (Lipinski definition) is 8. The van der Waals surface area contributed by atoms with Gasteiger partial charge in [0.2, 0.25) is 5.82 Å². The molecule has 0 bridgehead atoms. The molecule has 1 aromatic heterocycles. The second-order valence-corrected chi connectivity index (χ2v) is 7.16. The van der Waals surface area contributed by atoms with E-state index in [1.165, 1.54) is 0 Å². The molecule has 3 aromatic rings. The van der Waals surface area contributed by atoms with Crippen molar-refractivity contribution in [2.75, 3.05) is 25.1 Å². The van der Waals surface area contributed by atoms with Gasteiger partial charge in [-0.2, -0.15) is 5.21 Å². The van der Waals surface area contributed by atoms with Crippen molar-refractivity contribution in [3.63, 3.8) is 0 Å². The number of unbranched alkanes of at least 4 members (excludes halogenated alkanes) is 2. The van der Waals surface area contributed by atoms with E-state index in [1.807, 2.05) is 0 Å². The van der Waals surface area contributed by atoms with Gasteiger partial charge >= 0.3 is 0 Å². The Morgan fingerprint density at radius 1 is 1.24 bits per heavy atom. The smallest absolute Gasteiger partial charge is 0.255 e. The van der Waals surface area contributed by atoms with Crippen molar-refractivity contribution < 1.29 is 19.0 Å². The van der Waals surface area contributed by atoms with Crippen molar-refractivity contribution in [1.29, 1.82) is 0 Å². The van der Waals surface area contributed by atoms with Crippen molar-refractivity contribution in [2.45, 2.75) is 25.4 Å². The van der Waals surface area contributed by atoms with Gasteiger partial charge in [-0.25, -0.2) is 0 Å². The van der Waals surface area contributed by atoms with Crippen LogP contribution in [-0.2, 0) is 0 Å². The number of benzene rings is 2. The Morgan fingerprint density at radius 2 is 2.12 bits per heavy atom. The predicted octanol–water partition coefficient (Wildman–Crippen LogP) is 3.82. The molecule has 0 saturated carbocycles. The molecule has 2 aromatic carbocycles. The molecule has 2 N–H and O–H groups in total. The molecular weight excluding hydrogens is 428 g/mol. The van der Waals surface area contributed by atoms with Crippen molar-refractivity contribution in [3.05, 3.63) is 64.3 Å². The number of azide groups is 1. The Hall–Kier alpha value is -4.31. The first-order valence-corrected chi connectivity index (χ1v) is 10.5. The number of aromatic amines is 1. The van der Waals surface area contributed by atoms with E-state index in [-0.39, 0.29) is 12.5 Å². The van der Waals surface area contributed by atoms with Crippen LogP contribution in [0.3, 0.4) is 0 Å². The van der Waals surface area contributed by atoms with Gasteiger partial charge in [0.05, 0.1) is 12.3 Å². The third kappa shape index (κ3) is 5.69. The molecular formula is C21H22N8O4. The van der Waals surface area contributed by atoms with Crippen LogP contribution in [0.5, 0.6) is 17.2 Å². The van der Waals surface area contributed by atoms with E-state index in [0.717, 1.165) is 19.3 Å². The number of rotatable bonds is 10. The number of H-pyrrole nitrogens is 1. The number of para-hydroxylation sites is 1. The molecule has 2 heterocycles. The van der Waals surface area contributed by atoms with Crippen molar-refractivity contribution in [2.24, 2.45) is 5.11 Å². The Balaban J connectivity index is 1.33. The minimum atomic E-state index is -0.537. The van der Waals surface area contributed by atoms with Crippen LogP contribution in [0.15, 0.2) is 47.6 Å². The van der Waals surface area contributed by atoms with Gasteiger partial charge in [-0.15, -0.1) is 10.2 Å². The maximum atomic E-state index is 12.8. The van der Waals surface area contributed by atoms with Crippen molar-refractivity contribution >= 4 is 11.6 Å². The zero-order valence-electron chi connectivity index (χ0n) is 17.7. The number of anilines is 1. The fourth-order valence-electron chi connectivity index (χ4n) is 3.22. The topological polar surface area (TPSA) is 160 Å². The second-order valence-electron chi connectivity index (χ2n) is 7.16. The van der Waals surface area contributed by atoms with E-state index in [4.69, 9.17) is 19.7 Å². The zero-order valence-corrected chi connectivity index (χ0v) is 17.7. The molecule has 12 heteroatoms. The minimum absolute atomic E-state index is 0.235. The summed E-state index contributed by atoms with van der Waals surface area (Å²) < 4.78 is 17.4. The molecule has 1 amide bonds. The van der Waals surface area contributed by atoms with Gasteiger partial charge in [0, 0.05) is 17.0 Å². The third-order valence-electron chi connectivity index (χ3n) is 4.88. The maximum Gasteiger partial charge on any atom is 0.255 e. The summed E-state index contributed by atoms with van der Waals surface area (Å²) in [4.78, 5) is 15.5. The highest BCUT2D eigenvalue weighted by Crippen LogP contribution is 2.41. The Kier molecular flexibility index (Phi) is 7.18. The monoisotopic (exact) mass is 450 g/mol. The summed E-state index contributed by atoms with van der Waals surface area (Å²) in [6, 6.07) is 12.2. The number of nitrogens with one attached hydrogen (secondary N) is 2. The number of ether oxygens (including phenoxy) is 3. The van der Waals surface area contributed by atoms with E-state index in [0.29, 0.717) is 47.5 Å². The van der Waals surface area contributed by atoms with E-state index >= 15 is 0 Å². The van der Waals surface area contributed by atoms with E-state index < -0.39 is 6.10 Å². The average Bonchev–Trinajstić information content (AvgIpc) is 3.39. The molecule has 0 radical (unpaired) electrons. The van der Waals surface area contributed by atoms with Gasteiger partial charge in [-0.05, 0) is 61.2 Å². The van der Waals surface area contributed by atoms with Crippen molar-refractivity contribution in [3.8, 4) is 17.2 Å². The second kappa shape index (κ2) is 10.8. The summed E-state index contributed by atoms with van der Waals surface area (Å²) >= 11 is 0. The minimum Gasteiger partial charge on any atom is -0.494 e. The molecule has 170 valence electrons. The fourth-order valence-corrected chi connectivity index (χ4v) is 3.22. The average molecular weight is 450 g/mol. The number of carbonyl (C=O) groups excluding carboxylic acids is 1. The van der Waals surface area contributed by atoms with Crippen molar-refractivity contribution in [1.82, 2.24) is 20.6 Å². The maximum absolute atomic E-state index is 12.8. The predicted molar refractivity (Wildman–Crippen MR) is 117 cm³/mol. The van der Waals surface area contributed by atoms with Crippen LogP contribution in [-0.4, -0.2) is 46.3 Å². The normalized spacial score (nSPS) is 14.2. The van der Waals surface area contributed by atoms with Gasteiger partial charge in [0.15, 0.2) is 17.6 Å². The SMILES string of the molecule is [N-]=[N+]=NCCCCCOc1ccc(C(=O)Nc2cccc3c2OC(c2nn[nH]n2)CO3)cc1. The summed E-state index contributed by atoms with van der Waals surface area (Å²) in [6.07, 6.45) is 2.07.